The SMILES string of the molecule is CC(C)n1cccc1C(=O)N1CCCC[C@H]1C(=O)O. The zero-order valence-electron chi connectivity index (χ0n) is 11.4. The molecule has 0 spiro atoms. The Morgan fingerprint density at radius 1 is 1.37 bits per heavy atom. The van der Waals surface area contributed by atoms with Gasteiger partial charge in [0.2, 0.25) is 0 Å². The van der Waals surface area contributed by atoms with Gasteiger partial charge in [0.05, 0.1) is 0 Å². The van der Waals surface area contributed by atoms with Crippen LogP contribution in [0.5, 0.6) is 0 Å². The van der Waals surface area contributed by atoms with E-state index < -0.39 is 12.0 Å². The van der Waals surface area contributed by atoms with Crippen LogP contribution in [0.25, 0.3) is 0 Å². The molecule has 1 fully saturated rings. The summed E-state index contributed by atoms with van der Waals surface area (Å²) in [5.41, 5.74) is 0.572. The van der Waals surface area contributed by atoms with Crippen molar-refractivity contribution in [1.29, 1.82) is 0 Å². The molecule has 1 N–H and O–H groups in total. The van der Waals surface area contributed by atoms with Crippen LogP contribution >= 0.6 is 0 Å². The first-order chi connectivity index (χ1) is 9.02. The minimum Gasteiger partial charge on any atom is -0.480 e. The van der Waals surface area contributed by atoms with E-state index in [0.29, 0.717) is 18.7 Å². The van der Waals surface area contributed by atoms with Crippen molar-refractivity contribution in [1.82, 2.24) is 9.47 Å². The van der Waals surface area contributed by atoms with E-state index in [1.165, 1.54) is 4.90 Å². The molecule has 0 aromatic carbocycles. The molecule has 0 aliphatic carbocycles. The molecule has 1 aromatic heterocycles. The first-order valence-corrected chi connectivity index (χ1v) is 6.73. The number of nitrogens with zero attached hydrogens (tertiary/aromatic N) is 2. The van der Waals surface area contributed by atoms with Crippen molar-refractivity contribution >= 4 is 11.9 Å². The molecule has 2 rings (SSSR count). The lowest BCUT2D eigenvalue weighted by atomic mass is 10.0. The summed E-state index contributed by atoms with van der Waals surface area (Å²) in [7, 11) is 0. The Bertz CT molecular complexity index is 479. The van der Waals surface area contributed by atoms with E-state index >= 15 is 0 Å². The fourth-order valence-electron chi connectivity index (χ4n) is 2.60. The molecule has 2 heterocycles. The van der Waals surface area contributed by atoms with E-state index in [1.54, 1.807) is 6.07 Å². The maximum Gasteiger partial charge on any atom is 0.326 e. The minimum absolute atomic E-state index is 0.175. The molecular weight excluding hydrogens is 244 g/mol. The standard InChI is InChI=1S/C14H20N2O3/c1-10(2)15-9-5-7-11(15)13(17)16-8-4-3-6-12(16)14(18)19/h5,7,9-10,12H,3-4,6,8H2,1-2H3,(H,18,19)/t12-/m0/s1. The minimum atomic E-state index is -0.907. The first kappa shape index (κ1) is 13.6. The summed E-state index contributed by atoms with van der Waals surface area (Å²) in [6.45, 7) is 4.53. The number of piperidine rings is 1. The fraction of sp³-hybridized carbons (Fsp3) is 0.571. The molecular formula is C14H20N2O3. The number of carboxylic acids is 1. The van der Waals surface area contributed by atoms with Crippen molar-refractivity contribution < 1.29 is 14.7 Å². The predicted molar refractivity (Wildman–Crippen MR) is 71.1 cm³/mol. The van der Waals surface area contributed by atoms with Crippen LogP contribution in [0.4, 0.5) is 0 Å². The molecule has 5 heteroatoms. The van der Waals surface area contributed by atoms with Crippen molar-refractivity contribution in [3.05, 3.63) is 24.0 Å². The summed E-state index contributed by atoms with van der Waals surface area (Å²) in [5.74, 6) is -1.08. The van der Waals surface area contributed by atoms with Gasteiger partial charge in [0.25, 0.3) is 5.91 Å². The van der Waals surface area contributed by atoms with E-state index in [1.807, 2.05) is 30.7 Å². The van der Waals surface area contributed by atoms with Gasteiger partial charge in [0.1, 0.15) is 11.7 Å². The molecule has 5 nitrogen and oxygen atoms in total. The second kappa shape index (κ2) is 5.47. The highest BCUT2D eigenvalue weighted by atomic mass is 16.4. The highest BCUT2D eigenvalue weighted by Gasteiger charge is 2.33. The first-order valence-electron chi connectivity index (χ1n) is 6.73. The summed E-state index contributed by atoms with van der Waals surface area (Å²) in [4.78, 5) is 25.3. The number of aliphatic carboxylic acids is 1. The van der Waals surface area contributed by atoms with E-state index in [4.69, 9.17) is 0 Å². The van der Waals surface area contributed by atoms with Gasteiger partial charge in [-0.25, -0.2) is 4.79 Å². The van der Waals surface area contributed by atoms with E-state index in [-0.39, 0.29) is 11.9 Å². The third-order valence-corrected chi connectivity index (χ3v) is 3.60. The summed E-state index contributed by atoms with van der Waals surface area (Å²) in [6, 6.07) is 3.08. The van der Waals surface area contributed by atoms with E-state index in [2.05, 4.69) is 0 Å². The molecule has 0 bridgehead atoms. The number of carbonyl (C=O) groups is 2. The Balaban J connectivity index is 2.26. The Morgan fingerprint density at radius 2 is 2.11 bits per heavy atom. The number of rotatable bonds is 3. The smallest absolute Gasteiger partial charge is 0.326 e. The molecule has 104 valence electrons. The van der Waals surface area contributed by atoms with Crippen molar-refractivity contribution in [2.75, 3.05) is 6.54 Å². The van der Waals surface area contributed by atoms with Crippen LogP contribution in [0, 0.1) is 0 Å². The van der Waals surface area contributed by atoms with Gasteiger partial charge >= 0.3 is 5.97 Å². The van der Waals surface area contributed by atoms with Crippen LogP contribution in [0.3, 0.4) is 0 Å². The van der Waals surface area contributed by atoms with Gasteiger partial charge in [-0.3, -0.25) is 4.79 Å². The molecule has 1 aliphatic heterocycles. The molecule has 1 aromatic rings. The number of carboxylic acid groups (broad SMARTS) is 1. The number of aromatic nitrogens is 1. The number of likely N-dealkylation sites (tertiary alicyclic amines) is 1. The average Bonchev–Trinajstić information content (AvgIpc) is 2.87. The number of hydrogen-bond donors (Lipinski definition) is 1. The Morgan fingerprint density at radius 3 is 2.74 bits per heavy atom. The summed E-state index contributed by atoms with van der Waals surface area (Å²) in [5, 5.41) is 9.23. The van der Waals surface area contributed by atoms with Gasteiger partial charge in [-0.2, -0.15) is 0 Å². The summed E-state index contributed by atoms with van der Waals surface area (Å²) in [6.07, 6.45) is 4.14. The van der Waals surface area contributed by atoms with Crippen molar-refractivity contribution in [3.8, 4) is 0 Å². The number of hydrogen-bond acceptors (Lipinski definition) is 2. The number of carbonyl (C=O) groups excluding carboxylic acids is 1. The van der Waals surface area contributed by atoms with Gasteiger partial charge in [-0.1, -0.05) is 0 Å². The lowest BCUT2D eigenvalue weighted by molar-refractivity contribution is -0.143. The molecule has 1 saturated heterocycles. The average molecular weight is 264 g/mol. The molecule has 0 radical (unpaired) electrons. The van der Waals surface area contributed by atoms with Gasteiger partial charge in [-0.15, -0.1) is 0 Å². The zero-order valence-corrected chi connectivity index (χ0v) is 11.4. The summed E-state index contributed by atoms with van der Waals surface area (Å²) < 4.78 is 1.88. The normalized spacial score (nSPS) is 19.7. The van der Waals surface area contributed by atoms with E-state index in [0.717, 1.165) is 12.8 Å². The van der Waals surface area contributed by atoms with Crippen molar-refractivity contribution in [2.45, 2.75) is 45.2 Å². The molecule has 1 aliphatic rings. The molecule has 1 atom stereocenters. The van der Waals surface area contributed by atoms with Crippen LogP contribution in [0.1, 0.15) is 49.6 Å². The van der Waals surface area contributed by atoms with Crippen LogP contribution in [0.15, 0.2) is 18.3 Å². The predicted octanol–water partition coefficient (Wildman–Crippen LogP) is 2.15. The molecule has 1 amide bonds. The summed E-state index contributed by atoms with van der Waals surface area (Å²) >= 11 is 0. The maximum atomic E-state index is 12.5. The topological polar surface area (TPSA) is 62.5 Å². The van der Waals surface area contributed by atoms with Gasteiger partial charge in [0.15, 0.2) is 0 Å². The second-order valence-corrected chi connectivity index (χ2v) is 5.24. The van der Waals surface area contributed by atoms with Gasteiger partial charge in [-0.05, 0) is 45.2 Å². The van der Waals surface area contributed by atoms with Gasteiger partial charge in [0, 0.05) is 18.8 Å². The van der Waals surface area contributed by atoms with Crippen LogP contribution in [0.2, 0.25) is 0 Å². The number of amides is 1. The highest BCUT2D eigenvalue weighted by molar-refractivity contribution is 5.95. The third-order valence-electron chi connectivity index (χ3n) is 3.60. The fourth-order valence-corrected chi connectivity index (χ4v) is 2.60. The lowest BCUT2D eigenvalue weighted by Crippen LogP contribution is -2.48. The second-order valence-electron chi connectivity index (χ2n) is 5.24. The van der Waals surface area contributed by atoms with Crippen LogP contribution in [-0.2, 0) is 4.79 Å². The zero-order chi connectivity index (χ0) is 14.0. The van der Waals surface area contributed by atoms with Crippen molar-refractivity contribution in [2.24, 2.45) is 0 Å². The largest absolute Gasteiger partial charge is 0.480 e. The van der Waals surface area contributed by atoms with Crippen molar-refractivity contribution in [3.63, 3.8) is 0 Å². The van der Waals surface area contributed by atoms with Gasteiger partial charge < -0.3 is 14.6 Å². The van der Waals surface area contributed by atoms with E-state index in [9.17, 15) is 14.7 Å². The third kappa shape index (κ3) is 2.64. The quantitative estimate of drug-likeness (QED) is 0.909. The van der Waals surface area contributed by atoms with Crippen LogP contribution in [-0.4, -0.2) is 39.0 Å². The maximum absolute atomic E-state index is 12.5. The molecule has 19 heavy (non-hydrogen) atoms. The van der Waals surface area contributed by atoms with Crippen LogP contribution < -0.4 is 0 Å². The molecule has 0 unspecified atom stereocenters. The Kier molecular flexibility index (Phi) is 3.93. The Hall–Kier alpha value is -1.78. The molecule has 0 saturated carbocycles. The lowest BCUT2D eigenvalue weighted by Gasteiger charge is -2.33. The monoisotopic (exact) mass is 264 g/mol. The Labute approximate surface area is 112 Å². The highest BCUT2D eigenvalue weighted by Crippen LogP contribution is 2.21.